The predicted molar refractivity (Wildman–Crippen MR) is 85.6 cm³/mol. The number of rotatable bonds is 6. The molecule has 112 valence electrons. The van der Waals surface area contributed by atoms with E-state index >= 15 is 0 Å². The van der Waals surface area contributed by atoms with E-state index in [-0.39, 0.29) is 0 Å². The van der Waals surface area contributed by atoms with Crippen molar-refractivity contribution in [2.24, 2.45) is 5.92 Å². The molecule has 0 unspecified atom stereocenters. The molecule has 0 atom stereocenters. The number of ether oxygens (including phenoxy) is 1. The van der Waals surface area contributed by atoms with Crippen molar-refractivity contribution >= 4 is 5.69 Å². The van der Waals surface area contributed by atoms with Gasteiger partial charge in [-0.3, -0.25) is 0 Å². The summed E-state index contributed by atoms with van der Waals surface area (Å²) in [5.41, 5.74) is 2.54. The van der Waals surface area contributed by atoms with Gasteiger partial charge < -0.3 is 15.0 Å². The quantitative estimate of drug-likeness (QED) is 0.861. The molecule has 0 spiro atoms. The van der Waals surface area contributed by atoms with Gasteiger partial charge in [0.25, 0.3) is 0 Å². The molecule has 0 aliphatic carbocycles. The molecule has 1 aliphatic rings. The van der Waals surface area contributed by atoms with Crippen molar-refractivity contribution < 1.29 is 4.74 Å². The van der Waals surface area contributed by atoms with Crippen molar-refractivity contribution in [1.82, 2.24) is 5.32 Å². The summed E-state index contributed by atoms with van der Waals surface area (Å²) in [5, 5.41) is 3.48. The molecule has 0 amide bonds. The van der Waals surface area contributed by atoms with Crippen LogP contribution in [-0.2, 0) is 6.54 Å². The lowest BCUT2D eigenvalue weighted by molar-refractivity contribution is 0.411. The normalized spacial score (nSPS) is 15.7. The molecule has 0 bridgehead atoms. The van der Waals surface area contributed by atoms with Crippen LogP contribution in [0.1, 0.15) is 38.7 Å². The van der Waals surface area contributed by atoms with E-state index in [0.29, 0.717) is 5.92 Å². The number of nitrogens with zero attached hydrogens (tertiary/aromatic N) is 1. The van der Waals surface area contributed by atoms with Crippen LogP contribution in [0, 0.1) is 5.92 Å². The molecule has 1 fully saturated rings. The first-order chi connectivity index (χ1) is 9.70. The number of piperidine rings is 1. The molecule has 0 radical (unpaired) electrons. The number of methoxy groups -OCH3 is 1. The van der Waals surface area contributed by atoms with Crippen LogP contribution in [0.25, 0.3) is 0 Å². The topological polar surface area (TPSA) is 24.5 Å². The summed E-state index contributed by atoms with van der Waals surface area (Å²) in [6, 6.07) is 6.62. The fourth-order valence-electron chi connectivity index (χ4n) is 2.73. The standard InChI is InChI=1S/C17H28N2O/c1-14(2)12-18-13-15-7-8-16(17(11-15)20-3)19-9-5-4-6-10-19/h7-8,11,14,18H,4-6,9-10,12-13H2,1-3H3. The maximum absolute atomic E-state index is 5.60. The van der Waals surface area contributed by atoms with Crippen molar-refractivity contribution in [1.29, 1.82) is 0 Å². The lowest BCUT2D eigenvalue weighted by Crippen LogP contribution is -2.29. The average Bonchev–Trinajstić information content (AvgIpc) is 2.47. The van der Waals surface area contributed by atoms with E-state index in [1.807, 2.05) is 0 Å². The minimum atomic E-state index is 0.685. The number of benzene rings is 1. The van der Waals surface area contributed by atoms with Gasteiger partial charge in [-0.1, -0.05) is 19.9 Å². The third kappa shape index (κ3) is 4.14. The monoisotopic (exact) mass is 276 g/mol. The Hall–Kier alpha value is -1.22. The largest absolute Gasteiger partial charge is 0.495 e. The van der Waals surface area contributed by atoms with Crippen LogP contribution in [0.2, 0.25) is 0 Å². The van der Waals surface area contributed by atoms with E-state index < -0.39 is 0 Å². The highest BCUT2D eigenvalue weighted by Crippen LogP contribution is 2.31. The van der Waals surface area contributed by atoms with E-state index in [1.54, 1.807) is 7.11 Å². The highest BCUT2D eigenvalue weighted by Gasteiger charge is 2.15. The molecule has 1 heterocycles. The molecule has 20 heavy (non-hydrogen) atoms. The third-order valence-electron chi connectivity index (χ3n) is 3.82. The smallest absolute Gasteiger partial charge is 0.142 e. The molecule has 0 aromatic heterocycles. The van der Waals surface area contributed by atoms with Crippen LogP contribution in [-0.4, -0.2) is 26.7 Å². The first-order valence-electron chi connectivity index (χ1n) is 7.83. The summed E-state index contributed by atoms with van der Waals surface area (Å²) in [7, 11) is 1.77. The Morgan fingerprint density at radius 2 is 1.95 bits per heavy atom. The van der Waals surface area contributed by atoms with Gasteiger partial charge in [0.2, 0.25) is 0 Å². The summed E-state index contributed by atoms with van der Waals surface area (Å²) in [6.45, 7) is 8.73. The highest BCUT2D eigenvalue weighted by atomic mass is 16.5. The Labute approximate surface area is 123 Å². The molecule has 1 aliphatic heterocycles. The molecule has 3 heteroatoms. The van der Waals surface area contributed by atoms with Crippen molar-refractivity contribution in [3.63, 3.8) is 0 Å². The van der Waals surface area contributed by atoms with Crippen molar-refractivity contribution in [3.05, 3.63) is 23.8 Å². The molecule has 1 aromatic rings. The van der Waals surface area contributed by atoms with Gasteiger partial charge in [0.1, 0.15) is 5.75 Å². The number of hydrogen-bond acceptors (Lipinski definition) is 3. The van der Waals surface area contributed by atoms with E-state index in [9.17, 15) is 0 Å². The van der Waals surface area contributed by atoms with Crippen molar-refractivity contribution in [3.8, 4) is 5.75 Å². The van der Waals surface area contributed by atoms with Crippen molar-refractivity contribution in [2.45, 2.75) is 39.7 Å². The summed E-state index contributed by atoms with van der Waals surface area (Å²) < 4.78 is 5.60. The van der Waals surface area contributed by atoms with Gasteiger partial charge >= 0.3 is 0 Å². The Bertz CT molecular complexity index is 411. The SMILES string of the molecule is COc1cc(CNCC(C)C)ccc1N1CCCCC1. The Kier molecular flexibility index (Phi) is 5.72. The summed E-state index contributed by atoms with van der Waals surface area (Å²) >= 11 is 0. The Morgan fingerprint density at radius 1 is 1.20 bits per heavy atom. The Balaban J connectivity index is 2.03. The lowest BCUT2D eigenvalue weighted by Gasteiger charge is -2.30. The zero-order valence-corrected chi connectivity index (χ0v) is 13.1. The fraction of sp³-hybridized carbons (Fsp3) is 0.647. The van der Waals surface area contributed by atoms with Crippen LogP contribution in [0.3, 0.4) is 0 Å². The molecular formula is C17H28N2O. The number of anilines is 1. The van der Waals surface area contributed by atoms with E-state index in [1.165, 1.54) is 30.5 Å². The van der Waals surface area contributed by atoms with Gasteiger partial charge in [0, 0.05) is 19.6 Å². The lowest BCUT2D eigenvalue weighted by atomic mass is 10.1. The maximum Gasteiger partial charge on any atom is 0.142 e. The molecule has 0 saturated carbocycles. The van der Waals surface area contributed by atoms with Crippen LogP contribution in [0.4, 0.5) is 5.69 Å². The van der Waals surface area contributed by atoms with E-state index in [2.05, 4.69) is 42.3 Å². The van der Waals surface area contributed by atoms with Gasteiger partial charge in [-0.05, 0) is 49.4 Å². The van der Waals surface area contributed by atoms with Crippen LogP contribution >= 0.6 is 0 Å². The van der Waals surface area contributed by atoms with Gasteiger partial charge in [-0.15, -0.1) is 0 Å². The second-order valence-electron chi connectivity index (χ2n) is 6.08. The molecule has 2 rings (SSSR count). The highest BCUT2D eigenvalue weighted by molar-refractivity contribution is 5.60. The first-order valence-corrected chi connectivity index (χ1v) is 7.83. The number of hydrogen-bond donors (Lipinski definition) is 1. The molecule has 1 N–H and O–H groups in total. The molecule has 3 nitrogen and oxygen atoms in total. The Morgan fingerprint density at radius 3 is 2.60 bits per heavy atom. The van der Waals surface area contributed by atoms with Crippen LogP contribution in [0.5, 0.6) is 5.75 Å². The maximum atomic E-state index is 5.60. The zero-order chi connectivity index (χ0) is 14.4. The minimum absolute atomic E-state index is 0.685. The molecular weight excluding hydrogens is 248 g/mol. The molecule has 1 saturated heterocycles. The summed E-state index contributed by atoms with van der Waals surface area (Å²) in [6.07, 6.45) is 3.94. The number of nitrogens with one attached hydrogen (secondary N) is 1. The third-order valence-corrected chi connectivity index (χ3v) is 3.82. The van der Waals surface area contributed by atoms with Gasteiger partial charge in [0.05, 0.1) is 12.8 Å². The second-order valence-corrected chi connectivity index (χ2v) is 6.08. The summed E-state index contributed by atoms with van der Waals surface area (Å²) in [4.78, 5) is 2.45. The zero-order valence-electron chi connectivity index (χ0n) is 13.1. The van der Waals surface area contributed by atoms with Gasteiger partial charge in [0.15, 0.2) is 0 Å². The van der Waals surface area contributed by atoms with Gasteiger partial charge in [-0.25, -0.2) is 0 Å². The van der Waals surface area contributed by atoms with E-state index in [4.69, 9.17) is 4.74 Å². The average molecular weight is 276 g/mol. The summed E-state index contributed by atoms with van der Waals surface area (Å²) in [5.74, 6) is 1.69. The second kappa shape index (κ2) is 7.53. The van der Waals surface area contributed by atoms with Crippen molar-refractivity contribution in [2.75, 3.05) is 31.6 Å². The van der Waals surface area contributed by atoms with Crippen LogP contribution in [0.15, 0.2) is 18.2 Å². The van der Waals surface area contributed by atoms with E-state index in [0.717, 1.165) is 31.9 Å². The van der Waals surface area contributed by atoms with Gasteiger partial charge in [-0.2, -0.15) is 0 Å². The fourth-order valence-corrected chi connectivity index (χ4v) is 2.73. The molecule has 1 aromatic carbocycles. The predicted octanol–water partition coefficient (Wildman–Crippen LogP) is 3.43. The van der Waals surface area contributed by atoms with Crippen LogP contribution < -0.4 is 15.0 Å². The first kappa shape index (κ1) is 15.2. The minimum Gasteiger partial charge on any atom is -0.495 e.